The molecule has 2 heterocycles. The minimum absolute atomic E-state index is 0.256. The summed E-state index contributed by atoms with van der Waals surface area (Å²) >= 11 is 0. The van der Waals surface area contributed by atoms with Gasteiger partial charge in [0, 0.05) is 5.56 Å². The number of carbonyl (C=O) groups excluding carboxylic acids is 1. The summed E-state index contributed by atoms with van der Waals surface area (Å²) in [6, 6.07) is 15.2. The summed E-state index contributed by atoms with van der Waals surface area (Å²) in [7, 11) is 1.63. The van der Waals surface area contributed by atoms with Gasteiger partial charge < -0.3 is 19.8 Å². The fraction of sp³-hybridized carbons (Fsp3) is 0.292. The monoisotopic (exact) mass is 418 g/mol. The molecule has 0 radical (unpaired) electrons. The fourth-order valence-electron chi connectivity index (χ4n) is 3.49. The minimum Gasteiger partial charge on any atom is -0.496 e. The molecule has 7 heteroatoms. The lowest BCUT2D eigenvalue weighted by atomic mass is 10.1. The van der Waals surface area contributed by atoms with Gasteiger partial charge in [-0.3, -0.25) is 0 Å². The average Bonchev–Trinajstić information content (AvgIpc) is 3.06. The summed E-state index contributed by atoms with van der Waals surface area (Å²) < 4.78 is 12.9. The van der Waals surface area contributed by atoms with Crippen LogP contribution in [0.2, 0.25) is 0 Å². The molecule has 0 amide bonds. The number of hydrogen-bond acceptors (Lipinski definition) is 6. The van der Waals surface area contributed by atoms with Crippen molar-refractivity contribution >= 4 is 34.0 Å². The fourth-order valence-corrected chi connectivity index (χ4v) is 3.49. The van der Waals surface area contributed by atoms with Gasteiger partial charge in [-0.2, -0.15) is 0 Å². The maximum Gasteiger partial charge on any atom is 0.344 e. The third-order valence-electron chi connectivity index (χ3n) is 5.51. The molecular weight excluding hydrogens is 392 g/mol. The number of fused-ring (bicyclic) bond motifs is 2. The van der Waals surface area contributed by atoms with E-state index in [9.17, 15) is 4.79 Å². The number of nitrogens with two attached hydrogens (primary N) is 1. The van der Waals surface area contributed by atoms with Gasteiger partial charge in [0.05, 0.1) is 31.3 Å². The highest BCUT2D eigenvalue weighted by Crippen LogP contribution is 2.31. The predicted molar refractivity (Wildman–Crippen MR) is 121 cm³/mol. The molecule has 0 aliphatic rings. The lowest BCUT2D eigenvalue weighted by molar-refractivity contribution is 0.0450. The summed E-state index contributed by atoms with van der Waals surface area (Å²) in [5, 5.41) is 0. The van der Waals surface area contributed by atoms with Gasteiger partial charge in [-0.1, -0.05) is 50.6 Å². The van der Waals surface area contributed by atoms with Crippen molar-refractivity contribution in [3.05, 3.63) is 59.7 Å². The Hall–Kier alpha value is -3.61. The second-order valence-corrected chi connectivity index (χ2v) is 7.65. The number of nitrogens with zero attached hydrogens (tertiary/aromatic N) is 3. The van der Waals surface area contributed by atoms with Crippen molar-refractivity contribution < 1.29 is 14.3 Å². The van der Waals surface area contributed by atoms with Crippen molar-refractivity contribution in [2.75, 3.05) is 19.5 Å². The Morgan fingerprint density at radius 1 is 1.10 bits per heavy atom. The van der Waals surface area contributed by atoms with Crippen molar-refractivity contribution in [1.82, 2.24) is 14.5 Å². The number of nitrogen functional groups attached to an aromatic ring is 1. The molecule has 2 aromatic heterocycles. The first-order valence-corrected chi connectivity index (χ1v) is 10.4. The number of rotatable bonds is 7. The number of carbonyl (C=O) groups is 1. The number of anilines is 1. The highest BCUT2D eigenvalue weighted by molar-refractivity contribution is 6.08. The van der Waals surface area contributed by atoms with E-state index in [2.05, 4.69) is 6.92 Å². The van der Waals surface area contributed by atoms with Crippen LogP contribution in [0.1, 0.15) is 36.2 Å². The van der Waals surface area contributed by atoms with Gasteiger partial charge in [-0.05, 0) is 24.1 Å². The molecule has 2 N–H and O–H groups in total. The number of hydrogen-bond donors (Lipinski definition) is 1. The van der Waals surface area contributed by atoms with Crippen molar-refractivity contribution in [3.63, 3.8) is 0 Å². The average molecular weight is 418 g/mol. The predicted octanol–water partition coefficient (Wildman–Crippen LogP) is 4.43. The van der Waals surface area contributed by atoms with Gasteiger partial charge in [0.2, 0.25) is 0 Å². The lowest BCUT2D eigenvalue weighted by Gasteiger charge is -2.12. The van der Waals surface area contributed by atoms with Crippen LogP contribution in [-0.2, 0) is 11.3 Å². The molecule has 0 fully saturated rings. The first-order valence-electron chi connectivity index (χ1n) is 10.4. The third kappa shape index (κ3) is 3.91. The zero-order valence-electron chi connectivity index (χ0n) is 18.0. The van der Waals surface area contributed by atoms with E-state index >= 15 is 0 Å². The summed E-state index contributed by atoms with van der Waals surface area (Å²) in [5.41, 5.74) is 10.1. The Labute approximate surface area is 180 Å². The van der Waals surface area contributed by atoms with Gasteiger partial charge in [-0.15, -0.1) is 0 Å². The van der Waals surface area contributed by atoms with Crippen LogP contribution in [0.15, 0.2) is 48.5 Å². The van der Waals surface area contributed by atoms with Crippen LogP contribution in [0.5, 0.6) is 5.75 Å². The second kappa shape index (κ2) is 8.63. The standard InChI is InChI=1S/C24H26N4O3/c1-4-15(2)14-31-24(29)20-21-23(27-18-11-7-6-10-17(18)26-21)28(22(20)25)13-16-9-5-8-12-19(16)30-3/h5-12,15H,4,13-14,25H2,1-3H3/t15-/m0/s1. The van der Waals surface area contributed by atoms with Crippen molar-refractivity contribution in [1.29, 1.82) is 0 Å². The second-order valence-electron chi connectivity index (χ2n) is 7.65. The van der Waals surface area contributed by atoms with Crippen LogP contribution in [-0.4, -0.2) is 34.2 Å². The Morgan fingerprint density at radius 2 is 1.77 bits per heavy atom. The van der Waals surface area contributed by atoms with E-state index in [-0.39, 0.29) is 17.3 Å². The van der Waals surface area contributed by atoms with E-state index in [1.807, 2.05) is 55.5 Å². The van der Waals surface area contributed by atoms with Crippen LogP contribution in [0.4, 0.5) is 5.82 Å². The van der Waals surface area contributed by atoms with E-state index in [0.717, 1.165) is 23.3 Å². The van der Waals surface area contributed by atoms with Crippen LogP contribution >= 0.6 is 0 Å². The molecule has 0 spiro atoms. The number of esters is 1. The van der Waals surface area contributed by atoms with E-state index in [1.54, 1.807) is 11.7 Å². The smallest absolute Gasteiger partial charge is 0.344 e. The number of para-hydroxylation sites is 3. The van der Waals surface area contributed by atoms with Crippen LogP contribution in [0, 0.1) is 5.92 Å². The van der Waals surface area contributed by atoms with E-state index < -0.39 is 5.97 Å². The van der Waals surface area contributed by atoms with Crippen molar-refractivity contribution in [2.45, 2.75) is 26.8 Å². The lowest BCUT2D eigenvalue weighted by Crippen LogP contribution is -2.14. The molecule has 4 aromatic rings. The maximum atomic E-state index is 13.0. The van der Waals surface area contributed by atoms with Crippen LogP contribution in [0.25, 0.3) is 22.2 Å². The van der Waals surface area contributed by atoms with E-state index in [4.69, 9.17) is 25.2 Å². The molecule has 4 rings (SSSR count). The Morgan fingerprint density at radius 3 is 2.48 bits per heavy atom. The summed E-state index contributed by atoms with van der Waals surface area (Å²) in [6.07, 6.45) is 0.919. The number of benzene rings is 2. The largest absolute Gasteiger partial charge is 0.496 e. The Bertz CT molecular complexity index is 1250. The zero-order chi connectivity index (χ0) is 22.0. The van der Waals surface area contributed by atoms with Crippen LogP contribution in [0.3, 0.4) is 0 Å². The molecule has 0 aliphatic carbocycles. The molecule has 160 valence electrons. The molecule has 0 saturated heterocycles. The molecule has 7 nitrogen and oxygen atoms in total. The van der Waals surface area contributed by atoms with Gasteiger partial charge >= 0.3 is 5.97 Å². The minimum atomic E-state index is -0.480. The molecule has 2 aromatic carbocycles. The van der Waals surface area contributed by atoms with Gasteiger partial charge in [0.15, 0.2) is 5.65 Å². The normalized spacial score (nSPS) is 12.2. The SMILES string of the molecule is CC[C@H](C)COC(=O)c1c(N)n(Cc2ccccc2OC)c2nc3ccccc3nc12. The highest BCUT2D eigenvalue weighted by Gasteiger charge is 2.26. The van der Waals surface area contributed by atoms with Crippen LogP contribution < -0.4 is 10.5 Å². The Kier molecular flexibility index (Phi) is 5.75. The molecule has 31 heavy (non-hydrogen) atoms. The highest BCUT2D eigenvalue weighted by atomic mass is 16.5. The van der Waals surface area contributed by atoms with E-state index in [0.29, 0.717) is 29.8 Å². The molecule has 1 atom stereocenters. The number of aromatic nitrogens is 3. The summed E-state index contributed by atoms with van der Waals surface area (Å²) in [4.78, 5) is 22.5. The van der Waals surface area contributed by atoms with Gasteiger partial charge in [0.1, 0.15) is 22.6 Å². The summed E-state index contributed by atoms with van der Waals surface area (Å²) in [6.45, 7) is 4.81. The number of ether oxygens (including phenoxy) is 2. The maximum absolute atomic E-state index is 13.0. The van der Waals surface area contributed by atoms with Crippen molar-refractivity contribution in [3.8, 4) is 5.75 Å². The topological polar surface area (TPSA) is 92.3 Å². The molecular formula is C24H26N4O3. The third-order valence-corrected chi connectivity index (χ3v) is 5.51. The Balaban J connectivity index is 1.87. The van der Waals surface area contributed by atoms with E-state index in [1.165, 1.54) is 0 Å². The number of methoxy groups -OCH3 is 1. The zero-order valence-corrected chi connectivity index (χ0v) is 18.0. The first kappa shape index (κ1) is 20.7. The quantitative estimate of drug-likeness (QED) is 0.447. The molecule has 0 saturated carbocycles. The first-order chi connectivity index (χ1) is 15.0. The summed E-state index contributed by atoms with van der Waals surface area (Å²) in [5.74, 6) is 0.800. The molecule has 0 aliphatic heterocycles. The molecule has 0 bridgehead atoms. The van der Waals surface area contributed by atoms with Gasteiger partial charge in [-0.25, -0.2) is 14.8 Å². The van der Waals surface area contributed by atoms with Gasteiger partial charge in [0.25, 0.3) is 0 Å². The molecule has 0 unspecified atom stereocenters. The van der Waals surface area contributed by atoms with Crippen molar-refractivity contribution in [2.24, 2.45) is 5.92 Å².